The molecular weight excluding hydrogens is 402 g/mol. The van der Waals surface area contributed by atoms with Gasteiger partial charge in [-0.1, -0.05) is 30.9 Å². The van der Waals surface area contributed by atoms with Gasteiger partial charge in [0.2, 0.25) is 5.95 Å². The van der Waals surface area contributed by atoms with Crippen molar-refractivity contribution in [2.45, 2.75) is 25.8 Å². The van der Waals surface area contributed by atoms with E-state index in [0.717, 1.165) is 30.5 Å². The Balaban J connectivity index is 2.11. The Kier molecular flexibility index (Phi) is 7.63. The molecule has 32 heavy (non-hydrogen) atoms. The van der Waals surface area contributed by atoms with Gasteiger partial charge in [-0.3, -0.25) is 9.36 Å². The summed E-state index contributed by atoms with van der Waals surface area (Å²) in [6, 6.07) is 9.79. The van der Waals surface area contributed by atoms with Gasteiger partial charge in [0.1, 0.15) is 5.75 Å². The molecule has 1 aliphatic rings. The number of aromatic nitrogens is 2. The summed E-state index contributed by atoms with van der Waals surface area (Å²) in [5.41, 5.74) is 2.87. The second-order valence-electron chi connectivity index (χ2n) is 7.71. The molecule has 2 aromatic rings. The standard InChI is InChI=1S/C25H29N5O2/c1-5-18(15-26)9-8-17(2)23-22(19-10-12-21(32-4)13-11-19)24(31)30(3)25(29-23)28-16-20-7-6-14-27-20/h5,8-13,20,27H,1,6-7,14,16H2,2-4H3,(H,28,29)/b17-8+,18-9+. The zero-order valence-electron chi connectivity index (χ0n) is 18.8. The Labute approximate surface area is 188 Å². The average molecular weight is 432 g/mol. The molecule has 0 spiro atoms. The molecule has 3 rings (SSSR count). The highest BCUT2D eigenvalue weighted by Crippen LogP contribution is 2.27. The topological polar surface area (TPSA) is 92.0 Å². The lowest BCUT2D eigenvalue weighted by Crippen LogP contribution is -2.32. The van der Waals surface area contributed by atoms with Crippen molar-refractivity contribution in [1.82, 2.24) is 14.9 Å². The number of hydrogen-bond donors (Lipinski definition) is 2. The van der Waals surface area contributed by atoms with Crippen LogP contribution < -0.4 is 20.9 Å². The van der Waals surface area contributed by atoms with Crippen LogP contribution in [0.2, 0.25) is 0 Å². The lowest BCUT2D eigenvalue weighted by atomic mass is 10.0. The quantitative estimate of drug-likeness (QED) is 0.490. The van der Waals surface area contributed by atoms with E-state index in [9.17, 15) is 10.1 Å². The van der Waals surface area contributed by atoms with Crippen LogP contribution >= 0.6 is 0 Å². The number of allylic oxidation sites excluding steroid dienone is 5. The van der Waals surface area contributed by atoms with E-state index in [1.165, 1.54) is 6.08 Å². The third-order valence-electron chi connectivity index (χ3n) is 5.57. The van der Waals surface area contributed by atoms with Gasteiger partial charge in [0.05, 0.1) is 30.0 Å². The number of nitrogens with zero attached hydrogens (tertiary/aromatic N) is 3. The Hall–Kier alpha value is -3.63. The van der Waals surface area contributed by atoms with Crippen LogP contribution in [0.15, 0.2) is 59.4 Å². The van der Waals surface area contributed by atoms with Crippen molar-refractivity contribution in [3.8, 4) is 22.9 Å². The second kappa shape index (κ2) is 10.6. The summed E-state index contributed by atoms with van der Waals surface area (Å²) in [7, 11) is 3.33. The number of anilines is 1. The van der Waals surface area contributed by atoms with E-state index in [1.54, 1.807) is 30.9 Å². The average Bonchev–Trinajstić information content (AvgIpc) is 3.34. The number of nitrogens with one attached hydrogen (secondary N) is 2. The Bertz CT molecular complexity index is 1130. The van der Waals surface area contributed by atoms with E-state index in [0.29, 0.717) is 41.1 Å². The third kappa shape index (κ3) is 5.16. The molecule has 1 atom stereocenters. The Morgan fingerprint density at radius 2 is 2.16 bits per heavy atom. The molecule has 0 radical (unpaired) electrons. The van der Waals surface area contributed by atoms with Crippen LogP contribution in [-0.4, -0.2) is 35.8 Å². The molecule has 0 saturated carbocycles. The molecule has 7 heteroatoms. The van der Waals surface area contributed by atoms with Gasteiger partial charge in [-0.05, 0) is 55.7 Å². The fourth-order valence-electron chi connectivity index (χ4n) is 3.65. The first-order valence-electron chi connectivity index (χ1n) is 10.6. The summed E-state index contributed by atoms with van der Waals surface area (Å²) in [6.45, 7) is 7.24. The predicted molar refractivity (Wildman–Crippen MR) is 129 cm³/mol. The normalized spacial score (nSPS) is 16.5. The molecule has 1 aromatic carbocycles. The van der Waals surface area contributed by atoms with Crippen LogP contribution in [0.1, 0.15) is 25.5 Å². The fourth-order valence-corrected chi connectivity index (χ4v) is 3.65. The van der Waals surface area contributed by atoms with Crippen LogP contribution in [0.25, 0.3) is 16.7 Å². The smallest absolute Gasteiger partial charge is 0.263 e. The van der Waals surface area contributed by atoms with Crippen LogP contribution in [0.4, 0.5) is 5.95 Å². The maximum absolute atomic E-state index is 13.4. The number of methoxy groups -OCH3 is 1. The van der Waals surface area contributed by atoms with E-state index in [-0.39, 0.29) is 5.56 Å². The van der Waals surface area contributed by atoms with Gasteiger partial charge in [-0.2, -0.15) is 5.26 Å². The fraction of sp³-hybridized carbons (Fsp3) is 0.320. The maximum atomic E-state index is 13.4. The summed E-state index contributed by atoms with van der Waals surface area (Å²) >= 11 is 0. The molecule has 0 bridgehead atoms. The molecule has 1 saturated heterocycles. The van der Waals surface area contributed by atoms with Crippen molar-refractivity contribution in [3.05, 3.63) is 70.7 Å². The summed E-state index contributed by atoms with van der Waals surface area (Å²) in [5, 5.41) is 16.0. The molecular formula is C25H29N5O2. The zero-order valence-corrected chi connectivity index (χ0v) is 18.8. The highest BCUT2D eigenvalue weighted by molar-refractivity contribution is 5.79. The molecule has 1 fully saturated rings. The van der Waals surface area contributed by atoms with Crippen molar-refractivity contribution in [1.29, 1.82) is 5.26 Å². The van der Waals surface area contributed by atoms with Crippen molar-refractivity contribution in [2.24, 2.45) is 7.05 Å². The molecule has 2 heterocycles. The summed E-state index contributed by atoms with van der Waals surface area (Å²) < 4.78 is 6.80. The molecule has 166 valence electrons. The minimum absolute atomic E-state index is 0.150. The molecule has 0 amide bonds. The van der Waals surface area contributed by atoms with Gasteiger partial charge in [-0.15, -0.1) is 0 Å². The molecule has 1 unspecified atom stereocenters. The van der Waals surface area contributed by atoms with Gasteiger partial charge in [0.15, 0.2) is 0 Å². The molecule has 1 aromatic heterocycles. The van der Waals surface area contributed by atoms with Crippen LogP contribution in [0.5, 0.6) is 5.75 Å². The van der Waals surface area contributed by atoms with Crippen LogP contribution in [0.3, 0.4) is 0 Å². The van der Waals surface area contributed by atoms with E-state index in [1.807, 2.05) is 31.2 Å². The van der Waals surface area contributed by atoms with Gasteiger partial charge in [0, 0.05) is 19.6 Å². The predicted octanol–water partition coefficient (Wildman–Crippen LogP) is 3.66. The van der Waals surface area contributed by atoms with E-state index < -0.39 is 0 Å². The first-order valence-corrected chi connectivity index (χ1v) is 10.6. The summed E-state index contributed by atoms with van der Waals surface area (Å²) in [5.74, 6) is 1.22. The number of rotatable bonds is 8. The summed E-state index contributed by atoms with van der Waals surface area (Å²) in [6.07, 6.45) is 7.21. The number of ether oxygens (including phenoxy) is 1. The molecule has 0 aliphatic carbocycles. The lowest BCUT2D eigenvalue weighted by molar-refractivity contribution is 0.415. The number of hydrogen-bond acceptors (Lipinski definition) is 6. The Morgan fingerprint density at radius 1 is 1.41 bits per heavy atom. The van der Waals surface area contributed by atoms with Gasteiger partial charge in [0.25, 0.3) is 5.56 Å². The van der Waals surface area contributed by atoms with Crippen molar-refractivity contribution in [2.75, 3.05) is 25.5 Å². The first-order chi connectivity index (χ1) is 15.5. The largest absolute Gasteiger partial charge is 0.497 e. The minimum atomic E-state index is -0.150. The zero-order chi connectivity index (χ0) is 23.1. The molecule has 2 N–H and O–H groups in total. The lowest BCUT2D eigenvalue weighted by Gasteiger charge is -2.18. The number of nitriles is 1. The Morgan fingerprint density at radius 3 is 2.75 bits per heavy atom. The van der Waals surface area contributed by atoms with Crippen molar-refractivity contribution < 1.29 is 4.74 Å². The van der Waals surface area contributed by atoms with Gasteiger partial charge < -0.3 is 15.4 Å². The van der Waals surface area contributed by atoms with E-state index in [2.05, 4.69) is 23.3 Å². The monoisotopic (exact) mass is 431 g/mol. The first kappa shape index (κ1) is 23.0. The summed E-state index contributed by atoms with van der Waals surface area (Å²) in [4.78, 5) is 18.3. The molecule has 1 aliphatic heterocycles. The van der Waals surface area contributed by atoms with Crippen LogP contribution in [-0.2, 0) is 7.05 Å². The van der Waals surface area contributed by atoms with Gasteiger partial charge >= 0.3 is 0 Å². The second-order valence-corrected chi connectivity index (χ2v) is 7.71. The van der Waals surface area contributed by atoms with Gasteiger partial charge in [-0.25, -0.2) is 4.98 Å². The van der Waals surface area contributed by atoms with Crippen molar-refractivity contribution in [3.63, 3.8) is 0 Å². The highest BCUT2D eigenvalue weighted by Gasteiger charge is 2.19. The minimum Gasteiger partial charge on any atom is -0.497 e. The highest BCUT2D eigenvalue weighted by atomic mass is 16.5. The SMILES string of the molecule is C=C/C(C#N)=C\C=C(/C)c1nc(NCC2CCCN2)n(C)c(=O)c1-c1ccc(OC)cc1. The van der Waals surface area contributed by atoms with E-state index >= 15 is 0 Å². The third-order valence-corrected chi connectivity index (χ3v) is 5.57. The van der Waals surface area contributed by atoms with Crippen LogP contribution in [0, 0.1) is 11.3 Å². The van der Waals surface area contributed by atoms with E-state index in [4.69, 9.17) is 9.72 Å². The number of benzene rings is 1. The maximum Gasteiger partial charge on any atom is 0.263 e. The molecule has 7 nitrogen and oxygen atoms in total. The van der Waals surface area contributed by atoms with Crippen molar-refractivity contribution >= 4 is 11.5 Å².